The molecule has 1 heterocycles. The summed E-state index contributed by atoms with van der Waals surface area (Å²) in [6.45, 7) is -1.67. The number of alkyl halides is 3. The van der Waals surface area contributed by atoms with Gasteiger partial charge in [0.15, 0.2) is 6.61 Å². The Morgan fingerprint density at radius 1 is 1.32 bits per heavy atom. The summed E-state index contributed by atoms with van der Waals surface area (Å²) in [7, 11) is -2.22. The first-order valence-corrected chi connectivity index (χ1v) is 9.49. The number of halogens is 3. The Morgan fingerprint density at radius 3 is 2.64 bits per heavy atom. The first kappa shape index (κ1) is 19.9. The lowest BCUT2D eigenvalue weighted by Gasteiger charge is -2.30. The summed E-state index contributed by atoms with van der Waals surface area (Å²) in [6.07, 6.45) is 1.50. The Morgan fingerprint density at radius 2 is 2.00 bits per heavy atom. The third kappa shape index (κ3) is 6.12. The number of nitrogens with zero attached hydrogens (tertiary/aromatic N) is 2. The molecule has 0 spiro atoms. The Hall–Kier alpha value is -1.39. The van der Waals surface area contributed by atoms with Gasteiger partial charge < -0.3 is 4.74 Å². The molecule has 0 atom stereocenters. The van der Waals surface area contributed by atoms with Crippen LogP contribution < -0.4 is 9.46 Å². The van der Waals surface area contributed by atoms with Gasteiger partial charge in [0.1, 0.15) is 0 Å². The van der Waals surface area contributed by atoms with Gasteiger partial charge in [-0.2, -0.15) is 30.6 Å². The van der Waals surface area contributed by atoms with E-state index >= 15 is 0 Å². The van der Waals surface area contributed by atoms with Crippen LogP contribution in [0.1, 0.15) is 37.7 Å². The molecule has 10 heteroatoms. The highest BCUT2D eigenvalue weighted by molar-refractivity contribution is 7.87. The van der Waals surface area contributed by atoms with Crippen molar-refractivity contribution in [1.82, 2.24) is 14.0 Å². The number of rotatable bonds is 7. The van der Waals surface area contributed by atoms with Gasteiger partial charge in [-0.1, -0.05) is 25.3 Å². The molecule has 2 rings (SSSR count). The van der Waals surface area contributed by atoms with Crippen LogP contribution in [0.4, 0.5) is 13.2 Å². The highest BCUT2D eigenvalue weighted by Gasteiger charge is 2.30. The van der Waals surface area contributed by atoms with Crippen molar-refractivity contribution < 1.29 is 26.3 Å². The Balaban J connectivity index is 2.00. The van der Waals surface area contributed by atoms with Crippen molar-refractivity contribution in [2.45, 2.75) is 50.9 Å². The zero-order valence-corrected chi connectivity index (χ0v) is 14.7. The minimum absolute atomic E-state index is 0.0545. The normalized spacial score (nSPS) is 17.0. The van der Waals surface area contributed by atoms with E-state index in [4.69, 9.17) is 0 Å². The van der Waals surface area contributed by atoms with Gasteiger partial charge in [-0.15, -0.1) is 0 Å². The quantitative estimate of drug-likeness (QED) is 0.788. The van der Waals surface area contributed by atoms with Crippen LogP contribution in [0, 0.1) is 0 Å². The summed E-state index contributed by atoms with van der Waals surface area (Å²) in [5, 5.41) is 0. The molecule has 0 unspecified atom stereocenters. The second-order valence-electron chi connectivity index (χ2n) is 6.01. The molecule has 1 N–H and O–H groups in total. The van der Waals surface area contributed by atoms with E-state index in [0.717, 1.165) is 32.1 Å². The Kier molecular flexibility index (Phi) is 6.64. The average Bonchev–Trinajstić information content (AvgIpc) is 2.58. The van der Waals surface area contributed by atoms with E-state index in [2.05, 4.69) is 14.4 Å². The summed E-state index contributed by atoms with van der Waals surface area (Å²) in [5.74, 6) is -0.233. The molecule has 1 aromatic rings. The summed E-state index contributed by atoms with van der Waals surface area (Å²) in [6, 6.07) is 2.93. The first-order chi connectivity index (χ1) is 11.7. The predicted octanol–water partition coefficient (Wildman–Crippen LogP) is 2.62. The average molecular weight is 381 g/mol. The topological polar surface area (TPSA) is 71.5 Å². The smallest absolute Gasteiger partial charge is 0.422 e. The monoisotopic (exact) mass is 381 g/mol. The van der Waals surface area contributed by atoms with Gasteiger partial charge in [0, 0.05) is 31.4 Å². The fraction of sp³-hybridized carbons (Fsp3) is 0.667. The van der Waals surface area contributed by atoms with Gasteiger partial charge in [-0.25, -0.2) is 4.98 Å². The molecule has 1 saturated carbocycles. The van der Waals surface area contributed by atoms with Gasteiger partial charge in [0.05, 0.1) is 0 Å². The van der Waals surface area contributed by atoms with Gasteiger partial charge in [0.25, 0.3) is 10.2 Å². The molecule has 1 fully saturated rings. The third-order valence-corrected chi connectivity index (χ3v) is 5.70. The number of nitrogens with one attached hydrogen (secondary N) is 1. The lowest BCUT2D eigenvalue weighted by Crippen LogP contribution is -2.44. The molecule has 25 heavy (non-hydrogen) atoms. The zero-order valence-electron chi connectivity index (χ0n) is 13.9. The van der Waals surface area contributed by atoms with Crippen LogP contribution >= 0.6 is 0 Å². The standard InChI is InChI=1S/C15H22F3N3O3S/c1-21(13-7-3-2-4-8-13)25(22,23)20-10-12-6-5-9-19-14(12)24-11-15(16,17)18/h5-6,9,13,20H,2-4,7-8,10-11H2,1H3. The number of ether oxygens (including phenoxy) is 1. The van der Waals surface area contributed by atoms with Gasteiger partial charge in [-0.3, -0.25) is 0 Å². The van der Waals surface area contributed by atoms with Crippen molar-refractivity contribution in [3.05, 3.63) is 23.9 Å². The molecule has 0 amide bonds. The van der Waals surface area contributed by atoms with Crippen LogP contribution in [0.2, 0.25) is 0 Å². The molecule has 0 aromatic carbocycles. The number of hydrogen-bond acceptors (Lipinski definition) is 4. The third-order valence-electron chi connectivity index (χ3n) is 4.14. The van der Waals surface area contributed by atoms with E-state index < -0.39 is 23.0 Å². The van der Waals surface area contributed by atoms with Crippen molar-refractivity contribution in [3.63, 3.8) is 0 Å². The van der Waals surface area contributed by atoms with E-state index in [-0.39, 0.29) is 24.0 Å². The van der Waals surface area contributed by atoms with Crippen LogP contribution in [-0.2, 0) is 16.8 Å². The second kappa shape index (κ2) is 8.33. The molecule has 0 aliphatic heterocycles. The van der Waals surface area contributed by atoms with E-state index in [0.29, 0.717) is 0 Å². The summed E-state index contributed by atoms with van der Waals surface area (Å²) in [5.41, 5.74) is 0.243. The maximum Gasteiger partial charge on any atom is 0.422 e. The lowest BCUT2D eigenvalue weighted by atomic mass is 9.96. The van der Waals surface area contributed by atoms with Crippen molar-refractivity contribution >= 4 is 10.2 Å². The number of hydrogen-bond donors (Lipinski definition) is 1. The SMILES string of the molecule is CN(C1CCCCC1)S(=O)(=O)NCc1cccnc1OCC(F)(F)F. The molecule has 1 aliphatic carbocycles. The maximum absolute atomic E-state index is 12.4. The van der Waals surface area contributed by atoms with Crippen molar-refractivity contribution in [2.75, 3.05) is 13.7 Å². The molecule has 1 aliphatic rings. The molecule has 0 saturated heterocycles. The van der Waals surface area contributed by atoms with E-state index in [9.17, 15) is 21.6 Å². The fourth-order valence-electron chi connectivity index (χ4n) is 2.75. The minimum atomic E-state index is -4.49. The van der Waals surface area contributed by atoms with Crippen molar-refractivity contribution in [3.8, 4) is 5.88 Å². The molecule has 6 nitrogen and oxygen atoms in total. The fourth-order valence-corrected chi connectivity index (χ4v) is 3.90. The number of aromatic nitrogens is 1. The lowest BCUT2D eigenvalue weighted by molar-refractivity contribution is -0.154. The summed E-state index contributed by atoms with van der Waals surface area (Å²) < 4.78 is 70.0. The predicted molar refractivity (Wildman–Crippen MR) is 86.2 cm³/mol. The van der Waals surface area contributed by atoms with E-state index in [1.165, 1.54) is 29.7 Å². The van der Waals surface area contributed by atoms with E-state index in [1.807, 2.05) is 0 Å². The van der Waals surface area contributed by atoms with E-state index in [1.54, 1.807) is 0 Å². The van der Waals surface area contributed by atoms with Crippen molar-refractivity contribution in [2.24, 2.45) is 0 Å². The van der Waals surface area contributed by atoms with Crippen LogP contribution in [0.3, 0.4) is 0 Å². The second-order valence-corrected chi connectivity index (χ2v) is 7.82. The molecule has 1 aromatic heterocycles. The molecule has 0 radical (unpaired) electrons. The summed E-state index contributed by atoms with van der Waals surface area (Å²) >= 11 is 0. The van der Waals surface area contributed by atoms with Crippen LogP contribution in [0.25, 0.3) is 0 Å². The van der Waals surface area contributed by atoms with Gasteiger partial charge in [-0.05, 0) is 18.9 Å². The highest BCUT2D eigenvalue weighted by atomic mass is 32.2. The van der Waals surface area contributed by atoms with Gasteiger partial charge >= 0.3 is 6.18 Å². The van der Waals surface area contributed by atoms with Crippen LogP contribution in [0.5, 0.6) is 5.88 Å². The Labute approximate surface area is 145 Å². The highest BCUT2D eigenvalue weighted by Crippen LogP contribution is 2.24. The van der Waals surface area contributed by atoms with Crippen LogP contribution in [0.15, 0.2) is 18.3 Å². The molecule has 0 bridgehead atoms. The molecule has 142 valence electrons. The molecular weight excluding hydrogens is 359 g/mol. The van der Waals surface area contributed by atoms with Crippen LogP contribution in [-0.4, -0.2) is 43.6 Å². The number of pyridine rings is 1. The first-order valence-electron chi connectivity index (χ1n) is 8.05. The minimum Gasteiger partial charge on any atom is -0.468 e. The van der Waals surface area contributed by atoms with Crippen molar-refractivity contribution in [1.29, 1.82) is 0 Å². The summed E-state index contributed by atoms with van der Waals surface area (Å²) in [4.78, 5) is 3.75. The maximum atomic E-state index is 12.4. The van der Waals surface area contributed by atoms with Gasteiger partial charge in [0.2, 0.25) is 5.88 Å². The molecular formula is C15H22F3N3O3S. The largest absolute Gasteiger partial charge is 0.468 e. The zero-order chi connectivity index (χ0) is 18.5. The Bertz CT molecular complexity index is 661.